The summed E-state index contributed by atoms with van der Waals surface area (Å²) in [5, 5.41) is 4.60. The molecule has 4 heteroatoms. The molecule has 2 aromatic rings. The van der Waals surface area contributed by atoms with Gasteiger partial charge >= 0.3 is 0 Å². The number of nitrogens with zero attached hydrogens (tertiary/aromatic N) is 2. The van der Waals surface area contributed by atoms with Gasteiger partial charge in [0.1, 0.15) is 5.76 Å². The molecule has 0 fully saturated rings. The van der Waals surface area contributed by atoms with Crippen molar-refractivity contribution in [3.63, 3.8) is 0 Å². The van der Waals surface area contributed by atoms with E-state index in [9.17, 15) is 0 Å². The van der Waals surface area contributed by atoms with Gasteiger partial charge in [0.05, 0.1) is 24.0 Å². The lowest BCUT2D eigenvalue weighted by atomic mass is 10.1. The highest BCUT2D eigenvalue weighted by Crippen LogP contribution is 2.18. The molecule has 0 aliphatic rings. The van der Waals surface area contributed by atoms with Gasteiger partial charge in [0, 0.05) is 12.6 Å². The molecule has 4 nitrogen and oxygen atoms in total. The van der Waals surface area contributed by atoms with Gasteiger partial charge in [0.15, 0.2) is 0 Å². The van der Waals surface area contributed by atoms with Crippen LogP contribution in [0.3, 0.4) is 0 Å². The fourth-order valence-electron chi connectivity index (χ4n) is 2.18. The third-order valence-electron chi connectivity index (χ3n) is 3.32. The van der Waals surface area contributed by atoms with Crippen LogP contribution in [-0.4, -0.2) is 9.78 Å². The summed E-state index contributed by atoms with van der Waals surface area (Å²) >= 11 is 0. The van der Waals surface area contributed by atoms with Gasteiger partial charge in [-0.3, -0.25) is 4.68 Å². The van der Waals surface area contributed by atoms with Crippen molar-refractivity contribution >= 4 is 0 Å². The molecule has 0 aliphatic heterocycles. The van der Waals surface area contributed by atoms with E-state index in [4.69, 9.17) is 10.2 Å². The lowest BCUT2D eigenvalue weighted by Crippen LogP contribution is -2.14. The first kappa shape index (κ1) is 12.9. The molecule has 18 heavy (non-hydrogen) atoms. The van der Waals surface area contributed by atoms with Crippen LogP contribution in [0.15, 0.2) is 35.1 Å². The maximum absolute atomic E-state index is 6.08. The normalized spacial score (nSPS) is 13.1. The highest BCUT2D eigenvalue weighted by Gasteiger charge is 2.13. The van der Waals surface area contributed by atoms with Crippen LogP contribution in [0, 0.1) is 0 Å². The van der Waals surface area contributed by atoms with Crippen molar-refractivity contribution in [3.8, 4) is 0 Å². The van der Waals surface area contributed by atoms with Crippen molar-refractivity contribution in [2.75, 3.05) is 0 Å². The first-order valence-electron chi connectivity index (χ1n) is 6.57. The first-order valence-corrected chi connectivity index (χ1v) is 6.57. The largest absolute Gasteiger partial charge is 0.468 e. The highest BCUT2D eigenvalue weighted by atomic mass is 16.3. The second-order valence-corrected chi connectivity index (χ2v) is 4.58. The molecule has 0 bridgehead atoms. The Morgan fingerprint density at radius 3 is 2.72 bits per heavy atom. The maximum atomic E-state index is 6.08. The van der Waals surface area contributed by atoms with Crippen LogP contribution in [0.25, 0.3) is 0 Å². The molecule has 0 saturated carbocycles. The molecule has 0 aromatic carbocycles. The van der Waals surface area contributed by atoms with Gasteiger partial charge < -0.3 is 10.2 Å². The summed E-state index contributed by atoms with van der Waals surface area (Å²) in [6, 6.07) is 6.17. The van der Waals surface area contributed by atoms with Gasteiger partial charge in [-0.1, -0.05) is 13.8 Å². The molecule has 1 unspecified atom stereocenters. The van der Waals surface area contributed by atoms with Crippen LogP contribution in [0.2, 0.25) is 0 Å². The van der Waals surface area contributed by atoms with Crippen molar-refractivity contribution in [2.24, 2.45) is 5.73 Å². The lowest BCUT2D eigenvalue weighted by molar-refractivity contribution is 0.421. The van der Waals surface area contributed by atoms with Crippen LogP contribution in [0.1, 0.15) is 50.2 Å². The summed E-state index contributed by atoms with van der Waals surface area (Å²) in [7, 11) is 0. The summed E-state index contributed by atoms with van der Waals surface area (Å²) in [4.78, 5) is 0. The fourth-order valence-corrected chi connectivity index (χ4v) is 2.18. The van der Waals surface area contributed by atoms with E-state index in [0.29, 0.717) is 12.5 Å². The molecule has 1 atom stereocenters. The molecule has 98 valence electrons. The zero-order valence-electron chi connectivity index (χ0n) is 11.0. The summed E-state index contributed by atoms with van der Waals surface area (Å²) in [5.74, 6) is 0.812. The smallest absolute Gasteiger partial charge is 0.120 e. The second-order valence-electron chi connectivity index (χ2n) is 4.58. The number of hydrogen-bond donors (Lipinski definition) is 1. The molecule has 2 N–H and O–H groups in total. The SMILES string of the molecule is CCC(CC)n1ccc(CC(N)c2ccco2)n1. The van der Waals surface area contributed by atoms with Gasteiger partial charge in [-0.2, -0.15) is 5.10 Å². The molecular weight excluding hydrogens is 226 g/mol. The van der Waals surface area contributed by atoms with E-state index in [1.54, 1.807) is 6.26 Å². The Labute approximate surface area is 108 Å². The Morgan fingerprint density at radius 1 is 1.33 bits per heavy atom. The lowest BCUT2D eigenvalue weighted by Gasteiger charge is -2.12. The topological polar surface area (TPSA) is 57.0 Å². The molecule has 2 heterocycles. The van der Waals surface area contributed by atoms with Crippen molar-refractivity contribution in [1.29, 1.82) is 0 Å². The number of aromatic nitrogens is 2. The highest BCUT2D eigenvalue weighted by molar-refractivity contribution is 5.09. The van der Waals surface area contributed by atoms with Crippen molar-refractivity contribution < 1.29 is 4.42 Å². The van der Waals surface area contributed by atoms with Crippen molar-refractivity contribution in [2.45, 2.75) is 45.2 Å². The van der Waals surface area contributed by atoms with Gasteiger partial charge in [-0.25, -0.2) is 0 Å². The van der Waals surface area contributed by atoms with Gasteiger partial charge in [-0.05, 0) is 31.0 Å². The zero-order valence-corrected chi connectivity index (χ0v) is 11.0. The van der Waals surface area contributed by atoms with E-state index in [1.165, 1.54) is 0 Å². The fraction of sp³-hybridized carbons (Fsp3) is 0.500. The number of nitrogens with two attached hydrogens (primary N) is 1. The van der Waals surface area contributed by atoms with Crippen LogP contribution in [0.5, 0.6) is 0 Å². The molecule has 0 amide bonds. The van der Waals surface area contributed by atoms with Crippen LogP contribution >= 0.6 is 0 Å². The van der Waals surface area contributed by atoms with E-state index in [0.717, 1.165) is 24.3 Å². The summed E-state index contributed by atoms with van der Waals surface area (Å²) in [5.41, 5.74) is 7.10. The van der Waals surface area contributed by atoms with E-state index in [-0.39, 0.29) is 6.04 Å². The van der Waals surface area contributed by atoms with Crippen LogP contribution in [0.4, 0.5) is 0 Å². The molecule has 2 rings (SSSR count). The average Bonchev–Trinajstić information content (AvgIpc) is 3.01. The molecule has 0 saturated heterocycles. The average molecular weight is 247 g/mol. The minimum Gasteiger partial charge on any atom is -0.468 e. The number of rotatable bonds is 6. The Morgan fingerprint density at radius 2 is 2.11 bits per heavy atom. The Bertz CT molecular complexity index is 457. The van der Waals surface area contributed by atoms with Crippen molar-refractivity contribution in [1.82, 2.24) is 9.78 Å². The molecule has 0 radical (unpaired) electrons. The van der Waals surface area contributed by atoms with E-state index >= 15 is 0 Å². The van der Waals surface area contributed by atoms with Crippen molar-refractivity contribution in [3.05, 3.63) is 42.1 Å². The minimum atomic E-state index is -0.120. The Kier molecular flexibility index (Phi) is 4.20. The summed E-state index contributed by atoms with van der Waals surface area (Å²) in [6.45, 7) is 4.37. The zero-order chi connectivity index (χ0) is 13.0. The number of hydrogen-bond acceptors (Lipinski definition) is 3. The van der Waals surface area contributed by atoms with Gasteiger partial charge in [-0.15, -0.1) is 0 Å². The second kappa shape index (κ2) is 5.87. The Hall–Kier alpha value is -1.55. The summed E-state index contributed by atoms with van der Waals surface area (Å²) < 4.78 is 7.35. The van der Waals surface area contributed by atoms with E-state index in [1.807, 2.05) is 29.1 Å². The predicted molar refractivity (Wildman–Crippen MR) is 71.2 cm³/mol. The molecular formula is C14H21N3O. The van der Waals surface area contributed by atoms with Crippen LogP contribution < -0.4 is 5.73 Å². The first-order chi connectivity index (χ1) is 8.74. The molecule has 2 aromatic heterocycles. The van der Waals surface area contributed by atoms with E-state index in [2.05, 4.69) is 18.9 Å². The predicted octanol–water partition coefficient (Wildman–Crippen LogP) is 3.08. The number of furan rings is 1. The Balaban J connectivity index is 2.02. The molecule has 0 aliphatic carbocycles. The van der Waals surface area contributed by atoms with E-state index < -0.39 is 0 Å². The molecule has 0 spiro atoms. The van der Waals surface area contributed by atoms with Gasteiger partial charge in [0.2, 0.25) is 0 Å². The third-order valence-corrected chi connectivity index (χ3v) is 3.32. The monoisotopic (exact) mass is 247 g/mol. The maximum Gasteiger partial charge on any atom is 0.120 e. The summed E-state index contributed by atoms with van der Waals surface area (Å²) in [6.07, 6.45) is 6.60. The third kappa shape index (κ3) is 2.82. The minimum absolute atomic E-state index is 0.120. The quantitative estimate of drug-likeness (QED) is 0.853. The van der Waals surface area contributed by atoms with Gasteiger partial charge in [0.25, 0.3) is 0 Å². The van der Waals surface area contributed by atoms with Crippen LogP contribution in [-0.2, 0) is 6.42 Å². The standard InChI is InChI=1S/C14H21N3O/c1-3-12(4-2)17-8-7-11(16-17)10-13(15)14-6-5-9-18-14/h5-9,12-13H,3-4,10,15H2,1-2H3.